The smallest absolute Gasteiger partial charge is 0.245 e. The Balaban J connectivity index is 2.07. The fraction of sp³-hybridized carbons (Fsp3) is 0.875. The molecule has 2 atom stereocenters. The molecule has 0 spiro atoms. The molecule has 5 nitrogen and oxygen atoms in total. The Morgan fingerprint density at radius 2 is 1.95 bits per heavy atom. The predicted octanol–water partition coefficient (Wildman–Crippen LogP) is 1.71. The molecule has 0 bridgehead atoms. The molecule has 2 fully saturated rings. The molecule has 1 aliphatic carbocycles. The minimum absolute atomic E-state index is 0.0145. The SMILES string of the molecule is COCCCN1C(=O)C(C2CCCCC2)NC(=O)CC1C. The second kappa shape index (κ2) is 7.78. The van der Waals surface area contributed by atoms with E-state index in [0.717, 1.165) is 19.3 Å². The Bertz CT molecular complexity index is 367. The lowest BCUT2D eigenvalue weighted by Gasteiger charge is -2.33. The average molecular weight is 296 g/mol. The molecule has 2 rings (SSSR count). The molecule has 0 aromatic carbocycles. The molecule has 0 aromatic rings. The molecule has 2 aliphatic rings. The summed E-state index contributed by atoms with van der Waals surface area (Å²) in [5, 5.41) is 2.99. The summed E-state index contributed by atoms with van der Waals surface area (Å²) in [6.07, 6.45) is 6.92. The number of ether oxygens (including phenoxy) is 1. The van der Waals surface area contributed by atoms with E-state index >= 15 is 0 Å². The molecule has 1 aliphatic heterocycles. The van der Waals surface area contributed by atoms with E-state index in [9.17, 15) is 9.59 Å². The van der Waals surface area contributed by atoms with Gasteiger partial charge in [-0.2, -0.15) is 0 Å². The molecular formula is C16H28N2O3. The second-order valence-electron chi connectivity index (χ2n) is 6.37. The maximum absolute atomic E-state index is 12.9. The summed E-state index contributed by atoms with van der Waals surface area (Å²) in [7, 11) is 1.67. The third kappa shape index (κ3) is 4.19. The maximum Gasteiger partial charge on any atom is 0.245 e. The molecule has 2 amide bonds. The number of carbonyl (C=O) groups excluding carboxylic acids is 2. The first kappa shape index (κ1) is 16.3. The molecule has 1 N–H and O–H groups in total. The zero-order valence-electron chi connectivity index (χ0n) is 13.3. The highest BCUT2D eigenvalue weighted by atomic mass is 16.5. The van der Waals surface area contributed by atoms with Gasteiger partial charge in [0.15, 0.2) is 0 Å². The van der Waals surface area contributed by atoms with Crippen LogP contribution in [0.15, 0.2) is 0 Å². The van der Waals surface area contributed by atoms with Crippen molar-refractivity contribution in [2.75, 3.05) is 20.3 Å². The van der Waals surface area contributed by atoms with Gasteiger partial charge < -0.3 is 15.0 Å². The van der Waals surface area contributed by atoms with E-state index in [1.54, 1.807) is 7.11 Å². The highest BCUT2D eigenvalue weighted by Crippen LogP contribution is 2.29. The lowest BCUT2D eigenvalue weighted by molar-refractivity contribution is -0.136. The molecule has 1 heterocycles. The van der Waals surface area contributed by atoms with Crippen molar-refractivity contribution in [2.24, 2.45) is 5.92 Å². The topological polar surface area (TPSA) is 58.6 Å². The number of hydrogen-bond donors (Lipinski definition) is 1. The first-order valence-electron chi connectivity index (χ1n) is 8.22. The van der Waals surface area contributed by atoms with E-state index in [4.69, 9.17) is 4.74 Å². The zero-order valence-corrected chi connectivity index (χ0v) is 13.3. The second-order valence-corrected chi connectivity index (χ2v) is 6.37. The Labute approximate surface area is 127 Å². The van der Waals surface area contributed by atoms with Crippen LogP contribution in [0.4, 0.5) is 0 Å². The fourth-order valence-electron chi connectivity index (χ4n) is 3.57. The van der Waals surface area contributed by atoms with Crippen LogP contribution in [0, 0.1) is 5.92 Å². The van der Waals surface area contributed by atoms with Gasteiger partial charge in [-0.3, -0.25) is 9.59 Å². The number of methoxy groups -OCH3 is 1. The van der Waals surface area contributed by atoms with Crippen LogP contribution >= 0.6 is 0 Å². The van der Waals surface area contributed by atoms with Crippen molar-refractivity contribution in [3.63, 3.8) is 0 Å². The first-order valence-corrected chi connectivity index (χ1v) is 8.22. The Morgan fingerprint density at radius 3 is 2.62 bits per heavy atom. The number of rotatable bonds is 5. The third-order valence-electron chi connectivity index (χ3n) is 4.75. The van der Waals surface area contributed by atoms with Crippen LogP contribution in [0.3, 0.4) is 0 Å². The summed E-state index contributed by atoms with van der Waals surface area (Å²) >= 11 is 0. The monoisotopic (exact) mass is 296 g/mol. The molecule has 1 saturated carbocycles. The van der Waals surface area contributed by atoms with Crippen molar-refractivity contribution >= 4 is 11.8 Å². The van der Waals surface area contributed by atoms with Crippen molar-refractivity contribution in [3.05, 3.63) is 0 Å². The van der Waals surface area contributed by atoms with Gasteiger partial charge in [-0.1, -0.05) is 19.3 Å². The molecular weight excluding hydrogens is 268 g/mol. The van der Waals surface area contributed by atoms with Crippen LogP contribution in [0.5, 0.6) is 0 Å². The highest BCUT2D eigenvalue weighted by Gasteiger charge is 2.38. The average Bonchev–Trinajstić information content (AvgIpc) is 2.59. The van der Waals surface area contributed by atoms with Crippen LogP contribution in [0.1, 0.15) is 51.9 Å². The lowest BCUT2D eigenvalue weighted by Crippen LogP contribution is -2.50. The number of carbonyl (C=O) groups is 2. The van der Waals surface area contributed by atoms with Crippen LogP contribution in [0.25, 0.3) is 0 Å². The molecule has 0 radical (unpaired) electrons. The molecule has 120 valence electrons. The Kier molecular flexibility index (Phi) is 6.03. The van der Waals surface area contributed by atoms with Crippen LogP contribution in [0.2, 0.25) is 0 Å². The number of hydrogen-bond acceptors (Lipinski definition) is 3. The standard InChI is InChI=1S/C16H28N2O3/c1-12-11-14(19)17-15(13-7-4-3-5-8-13)16(20)18(12)9-6-10-21-2/h12-13,15H,3-11H2,1-2H3,(H,17,19). The van der Waals surface area contributed by atoms with Gasteiger partial charge in [0, 0.05) is 32.7 Å². The highest BCUT2D eigenvalue weighted by molar-refractivity contribution is 5.90. The van der Waals surface area contributed by atoms with E-state index in [1.165, 1.54) is 19.3 Å². The van der Waals surface area contributed by atoms with E-state index in [0.29, 0.717) is 25.5 Å². The number of nitrogens with zero attached hydrogens (tertiary/aromatic N) is 1. The molecule has 21 heavy (non-hydrogen) atoms. The largest absolute Gasteiger partial charge is 0.385 e. The van der Waals surface area contributed by atoms with Gasteiger partial charge in [-0.05, 0) is 32.1 Å². The minimum atomic E-state index is -0.315. The Morgan fingerprint density at radius 1 is 1.24 bits per heavy atom. The van der Waals surface area contributed by atoms with E-state index in [1.807, 2.05) is 11.8 Å². The number of nitrogens with one attached hydrogen (secondary N) is 1. The van der Waals surface area contributed by atoms with Gasteiger partial charge in [0.1, 0.15) is 6.04 Å². The summed E-state index contributed by atoms with van der Waals surface area (Å²) in [5.41, 5.74) is 0. The van der Waals surface area contributed by atoms with Gasteiger partial charge in [0.05, 0.1) is 0 Å². The lowest BCUT2D eigenvalue weighted by atomic mass is 9.83. The number of amides is 2. The van der Waals surface area contributed by atoms with E-state index in [-0.39, 0.29) is 23.9 Å². The van der Waals surface area contributed by atoms with Crippen LogP contribution < -0.4 is 5.32 Å². The molecule has 1 saturated heterocycles. The molecule has 2 unspecified atom stereocenters. The van der Waals surface area contributed by atoms with Crippen molar-refractivity contribution in [1.29, 1.82) is 0 Å². The van der Waals surface area contributed by atoms with Crippen LogP contribution in [-0.4, -0.2) is 49.1 Å². The van der Waals surface area contributed by atoms with E-state index in [2.05, 4.69) is 5.32 Å². The summed E-state index contributed by atoms with van der Waals surface area (Å²) in [4.78, 5) is 26.8. The summed E-state index contributed by atoms with van der Waals surface area (Å²) < 4.78 is 5.08. The Hall–Kier alpha value is -1.10. The first-order chi connectivity index (χ1) is 10.1. The van der Waals surface area contributed by atoms with Crippen molar-refractivity contribution in [2.45, 2.75) is 64.0 Å². The normalized spacial score (nSPS) is 28.4. The summed E-state index contributed by atoms with van der Waals surface area (Å²) in [6.45, 7) is 3.28. The molecule has 5 heteroatoms. The quantitative estimate of drug-likeness (QED) is 0.786. The van der Waals surface area contributed by atoms with Gasteiger partial charge in [-0.25, -0.2) is 0 Å². The summed E-state index contributed by atoms with van der Waals surface area (Å²) in [6, 6.07) is -0.340. The van der Waals surface area contributed by atoms with Gasteiger partial charge >= 0.3 is 0 Å². The third-order valence-corrected chi connectivity index (χ3v) is 4.75. The molecule has 0 aromatic heterocycles. The zero-order chi connectivity index (χ0) is 15.2. The minimum Gasteiger partial charge on any atom is -0.385 e. The van der Waals surface area contributed by atoms with Crippen molar-refractivity contribution in [3.8, 4) is 0 Å². The van der Waals surface area contributed by atoms with E-state index < -0.39 is 0 Å². The van der Waals surface area contributed by atoms with Gasteiger partial charge in [0.2, 0.25) is 11.8 Å². The van der Waals surface area contributed by atoms with Crippen molar-refractivity contribution < 1.29 is 14.3 Å². The van der Waals surface area contributed by atoms with Gasteiger partial charge in [0.25, 0.3) is 0 Å². The maximum atomic E-state index is 12.9. The van der Waals surface area contributed by atoms with Crippen LogP contribution in [-0.2, 0) is 14.3 Å². The van der Waals surface area contributed by atoms with Gasteiger partial charge in [-0.15, -0.1) is 0 Å². The predicted molar refractivity (Wildman–Crippen MR) is 80.8 cm³/mol. The fourth-order valence-corrected chi connectivity index (χ4v) is 3.57. The van der Waals surface area contributed by atoms with Crippen molar-refractivity contribution in [1.82, 2.24) is 10.2 Å². The summed E-state index contributed by atoms with van der Waals surface area (Å²) in [5.74, 6) is 0.433.